The Bertz CT molecular complexity index is 766. The lowest BCUT2D eigenvalue weighted by Gasteiger charge is -2.05. The van der Waals surface area contributed by atoms with Gasteiger partial charge in [-0.05, 0) is 47.4 Å². The smallest absolute Gasteiger partial charge is 0.258 e. The van der Waals surface area contributed by atoms with Crippen molar-refractivity contribution in [1.82, 2.24) is 4.72 Å². The Kier molecular flexibility index (Phi) is 6.03. The predicted octanol–water partition coefficient (Wildman–Crippen LogP) is 3.43. The van der Waals surface area contributed by atoms with Crippen molar-refractivity contribution in [2.75, 3.05) is 6.54 Å². The number of nitro groups is 1. The predicted molar refractivity (Wildman–Crippen MR) is 90.9 cm³/mol. The first-order valence-corrected chi connectivity index (χ1v) is 9.34. The van der Waals surface area contributed by atoms with E-state index in [1.165, 1.54) is 24.3 Å². The second-order valence-corrected chi connectivity index (χ2v) is 7.30. The van der Waals surface area contributed by atoms with Gasteiger partial charge in [0, 0.05) is 18.7 Å². The number of nitrogens with one attached hydrogen (secondary N) is 1. The van der Waals surface area contributed by atoms with Gasteiger partial charge in [0.2, 0.25) is 10.0 Å². The number of nitro benzene ring substituents is 1. The monoisotopic (exact) mass is 352 g/mol. The molecule has 0 atom stereocenters. The van der Waals surface area contributed by atoms with E-state index < -0.39 is 14.9 Å². The highest BCUT2D eigenvalue weighted by Gasteiger charge is 2.14. The Labute approximate surface area is 138 Å². The fourth-order valence-electron chi connectivity index (χ4n) is 1.85. The van der Waals surface area contributed by atoms with E-state index in [0.717, 1.165) is 12.0 Å². The number of thiophene rings is 1. The lowest BCUT2D eigenvalue weighted by molar-refractivity contribution is -0.384. The van der Waals surface area contributed by atoms with E-state index in [2.05, 4.69) is 4.72 Å². The van der Waals surface area contributed by atoms with Gasteiger partial charge >= 0.3 is 0 Å². The van der Waals surface area contributed by atoms with Gasteiger partial charge in [-0.1, -0.05) is 12.2 Å². The average Bonchev–Trinajstić information content (AvgIpc) is 3.04. The van der Waals surface area contributed by atoms with Crippen LogP contribution < -0.4 is 4.72 Å². The average molecular weight is 352 g/mol. The minimum atomic E-state index is -3.63. The molecular weight excluding hydrogens is 336 g/mol. The third kappa shape index (κ3) is 5.27. The molecule has 8 heteroatoms. The molecule has 0 bridgehead atoms. The van der Waals surface area contributed by atoms with Crippen LogP contribution in [0.15, 0.2) is 52.1 Å². The van der Waals surface area contributed by atoms with E-state index in [1.807, 2.05) is 29.0 Å². The van der Waals surface area contributed by atoms with Gasteiger partial charge in [-0.25, -0.2) is 13.1 Å². The van der Waals surface area contributed by atoms with Crippen molar-refractivity contribution in [3.63, 3.8) is 0 Å². The summed E-state index contributed by atoms with van der Waals surface area (Å²) in [5.74, 6) is 0. The highest BCUT2D eigenvalue weighted by molar-refractivity contribution is 7.89. The first-order valence-electron chi connectivity index (χ1n) is 6.92. The zero-order chi connectivity index (χ0) is 16.7. The molecule has 1 N–H and O–H groups in total. The molecule has 0 saturated heterocycles. The quantitative estimate of drug-likeness (QED) is 0.448. The van der Waals surface area contributed by atoms with E-state index in [0.29, 0.717) is 13.0 Å². The Hall–Kier alpha value is -2.03. The summed E-state index contributed by atoms with van der Waals surface area (Å²) in [6.45, 7) is 0.313. The third-order valence-electron chi connectivity index (χ3n) is 3.05. The maximum absolute atomic E-state index is 12.0. The second kappa shape index (κ2) is 8.00. The lowest BCUT2D eigenvalue weighted by Crippen LogP contribution is -2.24. The van der Waals surface area contributed by atoms with Crippen LogP contribution in [0.4, 0.5) is 5.69 Å². The van der Waals surface area contributed by atoms with Gasteiger partial charge in [0.25, 0.3) is 5.69 Å². The minimum Gasteiger partial charge on any atom is -0.258 e. The van der Waals surface area contributed by atoms with Gasteiger partial charge in [0.05, 0.1) is 9.82 Å². The van der Waals surface area contributed by atoms with Crippen molar-refractivity contribution in [2.24, 2.45) is 0 Å². The van der Waals surface area contributed by atoms with Crippen LogP contribution in [0.1, 0.15) is 18.4 Å². The molecule has 0 aliphatic heterocycles. The molecule has 0 amide bonds. The Balaban J connectivity index is 1.80. The van der Waals surface area contributed by atoms with Crippen molar-refractivity contribution in [2.45, 2.75) is 17.7 Å². The highest BCUT2D eigenvalue weighted by atomic mass is 32.2. The largest absolute Gasteiger partial charge is 0.269 e. The van der Waals surface area contributed by atoms with Crippen LogP contribution in [0, 0.1) is 10.1 Å². The molecule has 2 aromatic rings. The number of unbranched alkanes of at least 4 members (excludes halogenated alkanes) is 1. The van der Waals surface area contributed by atoms with Gasteiger partial charge in [-0.3, -0.25) is 10.1 Å². The summed E-state index contributed by atoms with van der Waals surface area (Å²) in [5, 5.41) is 14.6. The molecule has 0 unspecified atom stereocenters. The molecule has 0 spiro atoms. The minimum absolute atomic E-state index is 0.0249. The van der Waals surface area contributed by atoms with Crippen molar-refractivity contribution >= 4 is 33.1 Å². The Morgan fingerprint density at radius 2 is 1.96 bits per heavy atom. The summed E-state index contributed by atoms with van der Waals surface area (Å²) in [7, 11) is -3.63. The summed E-state index contributed by atoms with van der Waals surface area (Å²) >= 11 is 1.63. The first kappa shape index (κ1) is 17.3. The number of hydrogen-bond donors (Lipinski definition) is 1. The van der Waals surface area contributed by atoms with Gasteiger partial charge in [-0.15, -0.1) is 0 Å². The Morgan fingerprint density at radius 3 is 2.57 bits per heavy atom. The van der Waals surface area contributed by atoms with Crippen LogP contribution in [0.5, 0.6) is 0 Å². The van der Waals surface area contributed by atoms with Crippen molar-refractivity contribution in [3.8, 4) is 0 Å². The third-order valence-corrected chi connectivity index (χ3v) is 5.23. The van der Waals surface area contributed by atoms with Crippen molar-refractivity contribution in [3.05, 3.63) is 62.8 Å². The molecule has 0 aliphatic rings. The summed E-state index contributed by atoms with van der Waals surface area (Å²) in [5.41, 5.74) is 1.00. The fourth-order valence-corrected chi connectivity index (χ4v) is 3.55. The van der Waals surface area contributed by atoms with Crippen LogP contribution in [-0.2, 0) is 10.0 Å². The summed E-state index contributed by atoms with van der Waals surface area (Å²) < 4.78 is 26.6. The van der Waals surface area contributed by atoms with Gasteiger partial charge in [0.1, 0.15) is 0 Å². The molecule has 0 aliphatic carbocycles. The molecule has 0 fully saturated rings. The number of sulfonamides is 1. The zero-order valence-corrected chi connectivity index (χ0v) is 13.8. The molecule has 1 heterocycles. The summed E-state index contributed by atoms with van der Waals surface area (Å²) in [6, 6.07) is 6.84. The summed E-state index contributed by atoms with van der Waals surface area (Å²) in [6.07, 6.45) is 5.44. The molecule has 2 rings (SSSR count). The van der Waals surface area contributed by atoms with Crippen molar-refractivity contribution in [1.29, 1.82) is 0 Å². The van der Waals surface area contributed by atoms with Crippen LogP contribution in [-0.4, -0.2) is 19.9 Å². The van der Waals surface area contributed by atoms with E-state index in [1.54, 1.807) is 11.3 Å². The summed E-state index contributed by atoms with van der Waals surface area (Å²) in [4.78, 5) is 10.0. The van der Waals surface area contributed by atoms with Crippen molar-refractivity contribution < 1.29 is 13.3 Å². The first-order chi connectivity index (χ1) is 11.0. The SMILES string of the molecule is O=[N+]([O-])c1ccc(S(=O)(=O)NCCC/C=C/c2ccsc2)cc1. The van der Waals surface area contributed by atoms with E-state index in [4.69, 9.17) is 0 Å². The molecule has 1 aromatic carbocycles. The van der Waals surface area contributed by atoms with Crippen LogP contribution >= 0.6 is 11.3 Å². The van der Waals surface area contributed by atoms with Gasteiger partial charge < -0.3 is 0 Å². The number of benzene rings is 1. The van der Waals surface area contributed by atoms with Crippen LogP contribution in [0.25, 0.3) is 6.08 Å². The number of rotatable bonds is 8. The molecule has 23 heavy (non-hydrogen) atoms. The topological polar surface area (TPSA) is 89.3 Å². The second-order valence-electron chi connectivity index (χ2n) is 4.75. The number of hydrogen-bond acceptors (Lipinski definition) is 5. The van der Waals surface area contributed by atoms with E-state index in [-0.39, 0.29) is 10.6 Å². The molecular formula is C15H16N2O4S2. The molecule has 122 valence electrons. The maximum atomic E-state index is 12.0. The number of non-ortho nitro benzene ring substituents is 1. The fraction of sp³-hybridized carbons (Fsp3) is 0.200. The van der Waals surface area contributed by atoms with E-state index >= 15 is 0 Å². The standard InChI is InChI=1S/C15H16N2O4S2/c18-17(19)14-5-7-15(8-6-14)23(20,21)16-10-3-1-2-4-13-9-11-22-12-13/h2,4-9,11-12,16H,1,3,10H2/b4-2+. The van der Waals surface area contributed by atoms with Crippen LogP contribution in [0.2, 0.25) is 0 Å². The van der Waals surface area contributed by atoms with Crippen LogP contribution in [0.3, 0.4) is 0 Å². The molecule has 0 radical (unpaired) electrons. The van der Waals surface area contributed by atoms with Gasteiger partial charge in [0.15, 0.2) is 0 Å². The normalized spacial score (nSPS) is 11.8. The molecule has 6 nitrogen and oxygen atoms in total. The lowest BCUT2D eigenvalue weighted by atomic mass is 10.2. The van der Waals surface area contributed by atoms with E-state index in [9.17, 15) is 18.5 Å². The number of nitrogens with zero attached hydrogens (tertiary/aromatic N) is 1. The van der Waals surface area contributed by atoms with Gasteiger partial charge in [-0.2, -0.15) is 11.3 Å². The maximum Gasteiger partial charge on any atom is 0.269 e. The molecule has 0 saturated carbocycles. The number of allylic oxidation sites excluding steroid dienone is 1. The zero-order valence-electron chi connectivity index (χ0n) is 12.2. The molecule has 1 aromatic heterocycles. The Morgan fingerprint density at radius 1 is 1.22 bits per heavy atom. The highest BCUT2D eigenvalue weighted by Crippen LogP contribution is 2.15.